The molecular weight excluding hydrogens is 312 g/mol. The number of imidazole rings is 1. The maximum Gasteiger partial charge on any atom is 0.224 e. The van der Waals surface area contributed by atoms with Gasteiger partial charge in [-0.1, -0.05) is 25.5 Å². The molecule has 3 rings (SSSR count). The zero-order chi connectivity index (χ0) is 18.2. The molecule has 0 aromatic carbocycles. The molecular formula is C20H26N4O. The highest BCUT2D eigenvalue weighted by Gasteiger charge is 2.60. The van der Waals surface area contributed by atoms with E-state index in [-0.39, 0.29) is 17.2 Å². The van der Waals surface area contributed by atoms with Gasteiger partial charge in [-0.05, 0) is 49.8 Å². The summed E-state index contributed by atoms with van der Waals surface area (Å²) >= 11 is 0. The fourth-order valence-electron chi connectivity index (χ4n) is 3.47. The van der Waals surface area contributed by atoms with Crippen molar-refractivity contribution in [2.24, 2.45) is 17.3 Å². The molecule has 132 valence electrons. The monoisotopic (exact) mass is 338 g/mol. The van der Waals surface area contributed by atoms with Crippen LogP contribution >= 0.6 is 0 Å². The molecule has 1 aliphatic rings. The highest BCUT2D eigenvalue weighted by Crippen LogP contribution is 2.59. The molecule has 0 unspecified atom stereocenters. The first-order chi connectivity index (χ1) is 11.8. The van der Waals surface area contributed by atoms with Crippen molar-refractivity contribution in [2.75, 3.05) is 0 Å². The first-order valence-electron chi connectivity index (χ1n) is 8.68. The molecule has 0 bridgehead atoms. The van der Waals surface area contributed by atoms with Crippen LogP contribution in [0.25, 0.3) is 5.82 Å². The van der Waals surface area contributed by atoms with Crippen molar-refractivity contribution in [3.63, 3.8) is 0 Å². The Kier molecular flexibility index (Phi) is 4.50. The van der Waals surface area contributed by atoms with E-state index in [2.05, 4.69) is 49.1 Å². The smallest absolute Gasteiger partial charge is 0.224 e. The molecule has 2 aromatic heterocycles. The molecule has 2 aromatic rings. The molecule has 0 saturated heterocycles. The van der Waals surface area contributed by atoms with Gasteiger partial charge < -0.3 is 5.32 Å². The van der Waals surface area contributed by atoms with Gasteiger partial charge in [0.05, 0.1) is 5.92 Å². The summed E-state index contributed by atoms with van der Waals surface area (Å²) in [6.07, 6.45) is 7.63. The van der Waals surface area contributed by atoms with Crippen molar-refractivity contribution in [1.82, 2.24) is 19.9 Å². The average molecular weight is 338 g/mol. The van der Waals surface area contributed by atoms with E-state index in [4.69, 9.17) is 0 Å². The summed E-state index contributed by atoms with van der Waals surface area (Å²) < 4.78 is 1.93. The van der Waals surface area contributed by atoms with E-state index in [1.165, 1.54) is 5.57 Å². The first kappa shape index (κ1) is 17.4. The standard InChI is InChI=1S/C20H26N4O/c1-13(2)10-16-18(20(16,4)5)19(25)23-12-15-6-7-22-17(11-15)24-9-8-21-14(24)3/h6-11,16,18H,12H2,1-5H3,(H,23,25)/t16-,18+/m0/s1. The summed E-state index contributed by atoms with van der Waals surface area (Å²) in [7, 11) is 0. The van der Waals surface area contributed by atoms with Gasteiger partial charge in [0.1, 0.15) is 11.6 Å². The molecule has 0 spiro atoms. The summed E-state index contributed by atoms with van der Waals surface area (Å²) in [6.45, 7) is 10.9. The number of nitrogens with one attached hydrogen (secondary N) is 1. The van der Waals surface area contributed by atoms with Crippen molar-refractivity contribution in [2.45, 2.75) is 41.2 Å². The van der Waals surface area contributed by atoms with E-state index in [1.54, 1.807) is 12.4 Å². The van der Waals surface area contributed by atoms with E-state index < -0.39 is 0 Å². The molecule has 25 heavy (non-hydrogen) atoms. The van der Waals surface area contributed by atoms with Crippen molar-refractivity contribution in [1.29, 1.82) is 0 Å². The number of hydrogen-bond donors (Lipinski definition) is 1. The lowest BCUT2D eigenvalue weighted by molar-refractivity contribution is -0.123. The molecule has 5 nitrogen and oxygen atoms in total. The topological polar surface area (TPSA) is 59.8 Å². The van der Waals surface area contributed by atoms with Crippen LogP contribution in [0.2, 0.25) is 0 Å². The molecule has 1 N–H and O–H groups in total. The zero-order valence-corrected chi connectivity index (χ0v) is 15.6. The van der Waals surface area contributed by atoms with Gasteiger partial charge in [0, 0.05) is 25.1 Å². The van der Waals surface area contributed by atoms with Gasteiger partial charge in [0.25, 0.3) is 0 Å². The van der Waals surface area contributed by atoms with Crippen LogP contribution in [-0.4, -0.2) is 20.4 Å². The average Bonchev–Trinajstić information content (AvgIpc) is 2.88. The molecule has 2 atom stereocenters. The van der Waals surface area contributed by atoms with Crippen molar-refractivity contribution in [3.05, 3.63) is 53.8 Å². The Morgan fingerprint density at radius 1 is 1.32 bits per heavy atom. The molecule has 0 aliphatic heterocycles. The minimum Gasteiger partial charge on any atom is -0.352 e. The number of carbonyl (C=O) groups is 1. The van der Waals surface area contributed by atoms with Gasteiger partial charge in [0.15, 0.2) is 0 Å². The maximum absolute atomic E-state index is 12.6. The summed E-state index contributed by atoms with van der Waals surface area (Å²) in [5.41, 5.74) is 2.34. The van der Waals surface area contributed by atoms with Crippen LogP contribution in [0.5, 0.6) is 0 Å². The quantitative estimate of drug-likeness (QED) is 0.850. The van der Waals surface area contributed by atoms with Crippen molar-refractivity contribution >= 4 is 5.91 Å². The number of pyridine rings is 1. The van der Waals surface area contributed by atoms with E-state index >= 15 is 0 Å². The second-order valence-corrected chi connectivity index (χ2v) is 7.65. The first-order valence-corrected chi connectivity index (χ1v) is 8.68. The Bertz CT molecular complexity index is 815. The Hall–Kier alpha value is -2.43. The van der Waals surface area contributed by atoms with Gasteiger partial charge >= 0.3 is 0 Å². The minimum absolute atomic E-state index is 0.0404. The number of allylic oxidation sites excluding steroid dienone is 2. The van der Waals surface area contributed by atoms with Crippen molar-refractivity contribution in [3.8, 4) is 5.82 Å². The van der Waals surface area contributed by atoms with Gasteiger partial charge in [-0.2, -0.15) is 0 Å². The van der Waals surface area contributed by atoms with Crippen LogP contribution in [0.3, 0.4) is 0 Å². The van der Waals surface area contributed by atoms with Crippen LogP contribution in [0.4, 0.5) is 0 Å². The summed E-state index contributed by atoms with van der Waals surface area (Å²) in [5, 5.41) is 3.09. The minimum atomic E-state index is 0.0404. The van der Waals surface area contributed by atoms with Gasteiger partial charge in [-0.25, -0.2) is 9.97 Å². The van der Waals surface area contributed by atoms with E-state index in [0.717, 1.165) is 17.2 Å². The SMILES string of the molecule is CC(C)=C[C@H]1[C@H](C(=O)NCc2ccnc(-n3ccnc3C)c2)C1(C)C. The van der Waals surface area contributed by atoms with Gasteiger partial charge in [0.2, 0.25) is 5.91 Å². The van der Waals surface area contributed by atoms with Gasteiger partial charge in [-0.15, -0.1) is 0 Å². The number of aryl methyl sites for hydroxylation is 1. The predicted molar refractivity (Wildman–Crippen MR) is 98.1 cm³/mol. The fourth-order valence-corrected chi connectivity index (χ4v) is 3.47. The molecule has 1 amide bonds. The summed E-state index contributed by atoms with van der Waals surface area (Å²) in [5.74, 6) is 2.22. The van der Waals surface area contributed by atoms with E-state index in [0.29, 0.717) is 12.5 Å². The molecule has 1 saturated carbocycles. The molecule has 2 heterocycles. The number of carbonyl (C=O) groups excluding carboxylic acids is 1. The van der Waals surface area contributed by atoms with Crippen molar-refractivity contribution < 1.29 is 4.79 Å². The number of rotatable bonds is 5. The lowest BCUT2D eigenvalue weighted by atomic mass is 10.1. The second-order valence-electron chi connectivity index (χ2n) is 7.65. The van der Waals surface area contributed by atoms with Crippen LogP contribution < -0.4 is 5.32 Å². The van der Waals surface area contributed by atoms with Crippen LogP contribution in [0.1, 0.15) is 39.1 Å². The lowest BCUT2D eigenvalue weighted by Crippen LogP contribution is -2.26. The Morgan fingerprint density at radius 3 is 2.72 bits per heavy atom. The third-order valence-corrected chi connectivity index (χ3v) is 5.06. The maximum atomic E-state index is 12.6. The van der Waals surface area contributed by atoms with E-state index in [9.17, 15) is 4.79 Å². The third kappa shape index (κ3) is 3.50. The summed E-state index contributed by atoms with van der Waals surface area (Å²) in [4.78, 5) is 21.2. The lowest BCUT2D eigenvalue weighted by Gasteiger charge is -2.09. The normalized spacial score (nSPS) is 20.8. The van der Waals surface area contributed by atoms with Crippen LogP contribution in [-0.2, 0) is 11.3 Å². The third-order valence-electron chi connectivity index (χ3n) is 5.06. The number of aromatic nitrogens is 3. The Morgan fingerprint density at radius 2 is 2.08 bits per heavy atom. The summed E-state index contributed by atoms with van der Waals surface area (Å²) in [6, 6.07) is 3.92. The number of nitrogens with zero attached hydrogens (tertiary/aromatic N) is 3. The van der Waals surface area contributed by atoms with Crippen LogP contribution in [0, 0.1) is 24.2 Å². The predicted octanol–water partition coefficient (Wildman–Crippen LogP) is 3.43. The Balaban J connectivity index is 1.66. The van der Waals surface area contributed by atoms with E-state index in [1.807, 2.05) is 29.8 Å². The molecule has 1 aliphatic carbocycles. The molecule has 5 heteroatoms. The largest absolute Gasteiger partial charge is 0.352 e. The van der Waals surface area contributed by atoms with Crippen LogP contribution in [0.15, 0.2) is 42.4 Å². The molecule has 0 radical (unpaired) electrons. The zero-order valence-electron chi connectivity index (χ0n) is 15.6. The second kappa shape index (κ2) is 6.47. The Labute approximate surface area is 149 Å². The fraction of sp³-hybridized carbons (Fsp3) is 0.450. The molecule has 1 fully saturated rings. The highest BCUT2D eigenvalue weighted by molar-refractivity contribution is 5.83. The highest BCUT2D eigenvalue weighted by atomic mass is 16.2. The van der Waals surface area contributed by atoms with Gasteiger partial charge in [-0.3, -0.25) is 9.36 Å². The number of hydrogen-bond acceptors (Lipinski definition) is 3. The number of amides is 1.